The van der Waals surface area contributed by atoms with E-state index < -0.39 is 0 Å². The van der Waals surface area contributed by atoms with Crippen molar-refractivity contribution in [2.24, 2.45) is 16.6 Å². The summed E-state index contributed by atoms with van der Waals surface area (Å²) in [7, 11) is 0. The molecule has 3 aliphatic rings. The van der Waals surface area contributed by atoms with Crippen LogP contribution in [0.4, 0.5) is 5.95 Å². The number of anilines is 1. The third kappa shape index (κ3) is 2.65. The van der Waals surface area contributed by atoms with Crippen LogP contribution < -0.4 is 10.6 Å². The van der Waals surface area contributed by atoms with Gasteiger partial charge in [0.1, 0.15) is 5.69 Å². The number of ether oxygens (including phenoxy) is 1. The fourth-order valence-electron chi connectivity index (χ4n) is 4.89. The quantitative estimate of drug-likeness (QED) is 0.602. The van der Waals surface area contributed by atoms with Crippen LogP contribution in [0.1, 0.15) is 45.2 Å². The summed E-state index contributed by atoms with van der Waals surface area (Å²) in [4.78, 5) is 11.8. The Kier molecular flexibility index (Phi) is 3.75. The van der Waals surface area contributed by atoms with E-state index in [-0.39, 0.29) is 23.0 Å². The highest BCUT2D eigenvalue weighted by molar-refractivity contribution is 5.94. The van der Waals surface area contributed by atoms with Crippen LogP contribution >= 0.6 is 0 Å². The van der Waals surface area contributed by atoms with E-state index >= 15 is 0 Å². The third-order valence-electron chi connectivity index (χ3n) is 7.41. The summed E-state index contributed by atoms with van der Waals surface area (Å²) in [6, 6.07) is 0.101. The van der Waals surface area contributed by atoms with E-state index in [0.29, 0.717) is 5.65 Å². The SMILES string of the molecule is C[C@@H]1OCC2(CCN(c3nc4n[nH]c(C#CC5(C)CC5)c4c4nccn34)CC2)[C@@H]1N. The third-order valence-corrected chi connectivity index (χ3v) is 7.41. The topological polar surface area (TPSA) is 97.4 Å². The maximum Gasteiger partial charge on any atom is 0.213 e. The Bertz CT molecular complexity index is 1190. The van der Waals surface area contributed by atoms with Gasteiger partial charge in [-0.2, -0.15) is 10.1 Å². The summed E-state index contributed by atoms with van der Waals surface area (Å²) in [6.45, 7) is 6.83. The number of piperidine rings is 1. The van der Waals surface area contributed by atoms with Gasteiger partial charge < -0.3 is 15.4 Å². The Balaban J connectivity index is 1.35. The fourth-order valence-corrected chi connectivity index (χ4v) is 4.89. The van der Waals surface area contributed by atoms with Crippen LogP contribution in [0.25, 0.3) is 16.7 Å². The Morgan fingerprint density at radius 3 is 2.77 bits per heavy atom. The minimum absolute atomic E-state index is 0.0854. The van der Waals surface area contributed by atoms with Crippen LogP contribution in [-0.4, -0.2) is 56.4 Å². The summed E-state index contributed by atoms with van der Waals surface area (Å²) in [6.07, 6.45) is 8.26. The van der Waals surface area contributed by atoms with Crippen LogP contribution in [0, 0.1) is 22.7 Å². The van der Waals surface area contributed by atoms with Crippen LogP contribution in [-0.2, 0) is 4.74 Å². The van der Waals surface area contributed by atoms with Gasteiger partial charge in [-0.1, -0.05) is 5.92 Å². The van der Waals surface area contributed by atoms with Crippen LogP contribution in [0.3, 0.4) is 0 Å². The number of hydrogen-bond acceptors (Lipinski definition) is 6. The number of H-pyrrole nitrogens is 1. The molecule has 3 aromatic rings. The second-order valence-electron chi connectivity index (χ2n) is 9.53. The first-order chi connectivity index (χ1) is 14.5. The van der Waals surface area contributed by atoms with Gasteiger partial charge >= 0.3 is 0 Å². The highest BCUT2D eigenvalue weighted by Crippen LogP contribution is 2.44. The van der Waals surface area contributed by atoms with Gasteiger partial charge in [0, 0.05) is 42.4 Å². The molecule has 156 valence electrons. The summed E-state index contributed by atoms with van der Waals surface area (Å²) in [5.41, 5.74) is 9.05. The Morgan fingerprint density at radius 2 is 2.07 bits per heavy atom. The van der Waals surface area contributed by atoms with E-state index in [1.54, 1.807) is 0 Å². The van der Waals surface area contributed by atoms with Crippen molar-refractivity contribution in [3.05, 3.63) is 18.1 Å². The molecule has 3 fully saturated rings. The molecule has 0 amide bonds. The molecule has 0 aromatic carbocycles. The molecule has 0 unspecified atom stereocenters. The lowest BCUT2D eigenvalue weighted by molar-refractivity contribution is 0.0973. The molecule has 1 aliphatic carbocycles. The Labute approximate surface area is 175 Å². The molecule has 3 aromatic heterocycles. The molecule has 30 heavy (non-hydrogen) atoms. The molecule has 1 spiro atoms. The van der Waals surface area contributed by atoms with E-state index in [1.807, 2.05) is 12.4 Å². The lowest BCUT2D eigenvalue weighted by Gasteiger charge is -2.41. The van der Waals surface area contributed by atoms with E-state index in [9.17, 15) is 0 Å². The number of fused-ring (bicyclic) bond motifs is 3. The van der Waals surface area contributed by atoms with Crippen molar-refractivity contribution in [3.63, 3.8) is 0 Å². The molecule has 5 heterocycles. The lowest BCUT2D eigenvalue weighted by Crippen LogP contribution is -2.51. The van der Waals surface area contributed by atoms with E-state index in [2.05, 4.69) is 50.2 Å². The highest BCUT2D eigenvalue weighted by atomic mass is 16.5. The zero-order valence-electron chi connectivity index (χ0n) is 17.5. The van der Waals surface area contributed by atoms with Gasteiger partial charge in [-0.25, -0.2) is 4.98 Å². The van der Waals surface area contributed by atoms with E-state index in [1.165, 1.54) is 0 Å². The maximum absolute atomic E-state index is 6.49. The molecule has 2 saturated heterocycles. The number of hydrogen-bond donors (Lipinski definition) is 2. The minimum atomic E-state index is 0.0854. The van der Waals surface area contributed by atoms with Crippen molar-refractivity contribution in [1.82, 2.24) is 24.6 Å². The van der Waals surface area contributed by atoms with Gasteiger partial charge in [0.25, 0.3) is 0 Å². The molecule has 0 bridgehead atoms. The van der Waals surface area contributed by atoms with Gasteiger partial charge in [0.2, 0.25) is 5.95 Å². The van der Waals surface area contributed by atoms with Gasteiger partial charge in [0.15, 0.2) is 11.3 Å². The highest BCUT2D eigenvalue weighted by Gasteiger charge is 2.47. The number of imidazole rings is 1. The minimum Gasteiger partial charge on any atom is -0.376 e. The molecule has 2 aliphatic heterocycles. The predicted octanol–water partition coefficient (Wildman–Crippen LogP) is 2.09. The Hall–Kier alpha value is -2.63. The van der Waals surface area contributed by atoms with Crippen molar-refractivity contribution in [1.29, 1.82) is 0 Å². The van der Waals surface area contributed by atoms with Crippen molar-refractivity contribution < 1.29 is 4.74 Å². The largest absolute Gasteiger partial charge is 0.376 e. The van der Waals surface area contributed by atoms with Crippen LogP contribution in [0.5, 0.6) is 0 Å². The molecule has 8 heteroatoms. The molecule has 2 atom stereocenters. The number of nitrogens with two attached hydrogens (primary N) is 1. The first-order valence-corrected chi connectivity index (χ1v) is 10.8. The molecule has 0 radical (unpaired) electrons. The smallest absolute Gasteiger partial charge is 0.213 e. The standard InChI is InChI=1S/C22H27N7O/c1-14-17(23)22(13-30-14)7-10-28(11-8-22)20-25-18-16(19-24-9-12-29(19)20)15(26-27-18)3-4-21(2)5-6-21/h9,12,14,17H,5-8,10-11,13,23H2,1-2H3,(H,26,27)/t14-,17+/m0/s1. The summed E-state index contributed by atoms with van der Waals surface area (Å²) >= 11 is 0. The molecule has 1 saturated carbocycles. The molecular formula is C22H27N7O. The second-order valence-corrected chi connectivity index (χ2v) is 9.53. The number of aromatic nitrogens is 5. The summed E-state index contributed by atoms with van der Waals surface area (Å²) in [5.74, 6) is 7.55. The van der Waals surface area contributed by atoms with Crippen molar-refractivity contribution >= 4 is 22.6 Å². The van der Waals surface area contributed by atoms with Crippen LogP contribution in [0.2, 0.25) is 0 Å². The van der Waals surface area contributed by atoms with Crippen LogP contribution in [0.15, 0.2) is 12.4 Å². The lowest BCUT2D eigenvalue weighted by atomic mass is 9.73. The predicted molar refractivity (Wildman–Crippen MR) is 114 cm³/mol. The van der Waals surface area contributed by atoms with Gasteiger partial charge in [-0.3, -0.25) is 9.50 Å². The molecule has 8 nitrogen and oxygen atoms in total. The second kappa shape index (κ2) is 6.19. The number of aromatic amines is 1. The average Bonchev–Trinajstić information content (AvgIpc) is 3.10. The first-order valence-electron chi connectivity index (χ1n) is 10.8. The first kappa shape index (κ1) is 18.2. The molecule has 3 N–H and O–H groups in total. The zero-order chi connectivity index (χ0) is 20.5. The van der Waals surface area contributed by atoms with Crippen molar-refractivity contribution in [3.8, 4) is 11.8 Å². The van der Waals surface area contributed by atoms with Gasteiger partial charge in [0.05, 0.1) is 18.1 Å². The monoisotopic (exact) mass is 405 g/mol. The van der Waals surface area contributed by atoms with Crippen molar-refractivity contribution in [2.75, 3.05) is 24.6 Å². The fraction of sp³-hybridized carbons (Fsp3) is 0.591. The maximum atomic E-state index is 6.49. The molecule has 6 rings (SSSR count). The van der Waals surface area contributed by atoms with Gasteiger partial charge in [-0.15, -0.1) is 0 Å². The number of rotatable bonds is 1. The van der Waals surface area contributed by atoms with E-state index in [4.69, 9.17) is 15.5 Å². The normalized spacial score (nSPS) is 27.0. The van der Waals surface area contributed by atoms with Gasteiger partial charge in [-0.05, 0) is 45.5 Å². The van der Waals surface area contributed by atoms with Crippen molar-refractivity contribution in [2.45, 2.75) is 51.7 Å². The number of nitrogens with zero attached hydrogens (tertiary/aromatic N) is 5. The Morgan fingerprint density at radius 1 is 1.27 bits per heavy atom. The number of nitrogens with one attached hydrogen (secondary N) is 1. The summed E-state index contributed by atoms with van der Waals surface area (Å²) in [5, 5.41) is 8.44. The zero-order valence-corrected chi connectivity index (χ0v) is 17.5. The average molecular weight is 406 g/mol. The van der Waals surface area contributed by atoms with E-state index in [0.717, 1.165) is 68.1 Å². The molecular weight excluding hydrogens is 378 g/mol. The summed E-state index contributed by atoms with van der Waals surface area (Å²) < 4.78 is 7.93.